The molecule has 1 aromatic carbocycles. The van der Waals surface area contributed by atoms with Gasteiger partial charge in [-0.05, 0) is 37.9 Å². The van der Waals surface area contributed by atoms with Crippen LogP contribution in [0.15, 0.2) is 18.2 Å². The number of nitrogens with one attached hydrogen (secondary N) is 1. The molecule has 0 aromatic heterocycles. The summed E-state index contributed by atoms with van der Waals surface area (Å²) in [5.41, 5.74) is 2.76. The first-order valence-electron chi connectivity index (χ1n) is 6.29. The summed E-state index contributed by atoms with van der Waals surface area (Å²) < 4.78 is 5.83. The third-order valence-electron chi connectivity index (χ3n) is 2.66. The minimum absolute atomic E-state index is 0.179. The summed E-state index contributed by atoms with van der Waals surface area (Å²) in [6.45, 7) is 11.6. The molecule has 0 saturated carbocycles. The van der Waals surface area contributed by atoms with Crippen molar-refractivity contribution in [3.8, 4) is 5.75 Å². The second-order valence-electron chi connectivity index (χ2n) is 5.77. The van der Waals surface area contributed by atoms with Gasteiger partial charge in [-0.25, -0.2) is 0 Å². The normalized spacial score (nSPS) is 11.9. The largest absolute Gasteiger partial charge is 0.491 e. The Bertz CT molecular complexity index is 364. The van der Waals surface area contributed by atoms with E-state index in [1.54, 1.807) is 0 Å². The molecule has 0 bridgehead atoms. The standard InChI is InChI=1S/C15H25NO/c1-11(2)17-14-8-7-13(15(3,4)5)9-12(14)10-16-6/h7-9,11,16H,10H2,1-6H3. The molecule has 2 heteroatoms. The highest BCUT2D eigenvalue weighted by atomic mass is 16.5. The molecule has 0 spiro atoms. The molecule has 17 heavy (non-hydrogen) atoms. The monoisotopic (exact) mass is 235 g/mol. The van der Waals surface area contributed by atoms with Gasteiger partial charge in [0.2, 0.25) is 0 Å². The zero-order valence-corrected chi connectivity index (χ0v) is 11.9. The molecule has 0 atom stereocenters. The van der Waals surface area contributed by atoms with Gasteiger partial charge in [0.15, 0.2) is 0 Å². The van der Waals surface area contributed by atoms with E-state index in [-0.39, 0.29) is 11.5 Å². The van der Waals surface area contributed by atoms with Crippen molar-refractivity contribution in [2.45, 2.75) is 52.7 Å². The van der Waals surface area contributed by atoms with E-state index in [0.717, 1.165) is 12.3 Å². The lowest BCUT2D eigenvalue weighted by molar-refractivity contribution is 0.239. The predicted octanol–water partition coefficient (Wildman–Crippen LogP) is 3.49. The first kappa shape index (κ1) is 14.0. The average molecular weight is 235 g/mol. The van der Waals surface area contributed by atoms with Crippen LogP contribution in [0, 0.1) is 0 Å². The quantitative estimate of drug-likeness (QED) is 0.862. The highest BCUT2D eigenvalue weighted by Crippen LogP contribution is 2.28. The minimum atomic E-state index is 0.179. The Kier molecular flexibility index (Phi) is 4.58. The van der Waals surface area contributed by atoms with Crippen LogP contribution in [0.25, 0.3) is 0 Å². The molecular formula is C15H25NO. The average Bonchev–Trinajstić information content (AvgIpc) is 2.18. The van der Waals surface area contributed by atoms with Gasteiger partial charge < -0.3 is 10.1 Å². The molecular weight excluding hydrogens is 210 g/mol. The van der Waals surface area contributed by atoms with Crippen molar-refractivity contribution in [3.63, 3.8) is 0 Å². The Morgan fingerprint density at radius 2 is 1.88 bits per heavy atom. The van der Waals surface area contributed by atoms with Crippen molar-refractivity contribution in [1.29, 1.82) is 0 Å². The Balaban J connectivity index is 3.08. The fourth-order valence-electron chi connectivity index (χ4n) is 1.74. The molecule has 1 N–H and O–H groups in total. The minimum Gasteiger partial charge on any atom is -0.491 e. The summed E-state index contributed by atoms with van der Waals surface area (Å²) in [6.07, 6.45) is 0.214. The van der Waals surface area contributed by atoms with Gasteiger partial charge in [0.05, 0.1) is 6.10 Å². The number of ether oxygens (including phenoxy) is 1. The van der Waals surface area contributed by atoms with Crippen molar-refractivity contribution < 1.29 is 4.74 Å². The molecule has 0 aliphatic carbocycles. The van der Waals surface area contributed by atoms with Crippen LogP contribution >= 0.6 is 0 Å². The van der Waals surface area contributed by atoms with Gasteiger partial charge in [0, 0.05) is 12.1 Å². The zero-order valence-electron chi connectivity index (χ0n) is 11.9. The maximum atomic E-state index is 5.83. The van der Waals surface area contributed by atoms with Crippen molar-refractivity contribution in [2.75, 3.05) is 7.05 Å². The van der Waals surface area contributed by atoms with Crippen LogP contribution in [0.5, 0.6) is 5.75 Å². The fraction of sp³-hybridized carbons (Fsp3) is 0.600. The SMILES string of the molecule is CNCc1cc(C(C)(C)C)ccc1OC(C)C. The molecule has 0 heterocycles. The maximum Gasteiger partial charge on any atom is 0.124 e. The zero-order chi connectivity index (χ0) is 13.1. The maximum absolute atomic E-state index is 5.83. The van der Waals surface area contributed by atoms with E-state index in [4.69, 9.17) is 4.74 Å². The van der Waals surface area contributed by atoms with Crippen LogP contribution in [-0.2, 0) is 12.0 Å². The van der Waals surface area contributed by atoms with E-state index >= 15 is 0 Å². The van der Waals surface area contributed by atoms with Crippen LogP contribution in [0.2, 0.25) is 0 Å². The molecule has 0 unspecified atom stereocenters. The lowest BCUT2D eigenvalue weighted by Gasteiger charge is -2.22. The molecule has 0 fully saturated rings. The number of rotatable bonds is 4. The Labute approximate surface area is 105 Å². The lowest BCUT2D eigenvalue weighted by Crippen LogP contribution is -2.15. The van der Waals surface area contributed by atoms with Gasteiger partial charge in [-0.2, -0.15) is 0 Å². The van der Waals surface area contributed by atoms with E-state index < -0.39 is 0 Å². The number of benzene rings is 1. The van der Waals surface area contributed by atoms with E-state index in [1.807, 2.05) is 7.05 Å². The summed E-state index contributed by atoms with van der Waals surface area (Å²) in [6, 6.07) is 6.50. The molecule has 0 radical (unpaired) electrons. The molecule has 2 nitrogen and oxygen atoms in total. The highest BCUT2D eigenvalue weighted by Gasteiger charge is 2.16. The van der Waals surface area contributed by atoms with Crippen molar-refractivity contribution in [2.24, 2.45) is 0 Å². The summed E-state index contributed by atoms with van der Waals surface area (Å²) in [5.74, 6) is 0.988. The van der Waals surface area contributed by atoms with Crippen LogP contribution in [0.3, 0.4) is 0 Å². The van der Waals surface area contributed by atoms with Gasteiger partial charge in [-0.15, -0.1) is 0 Å². The van der Waals surface area contributed by atoms with Crippen molar-refractivity contribution in [1.82, 2.24) is 5.32 Å². The van der Waals surface area contributed by atoms with Gasteiger partial charge in [0.1, 0.15) is 5.75 Å². The van der Waals surface area contributed by atoms with E-state index in [9.17, 15) is 0 Å². The van der Waals surface area contributed by atoms with Crippen LogP contribution in [0.1, 0.15) is 45.7 Å². The summed E-state index contributed by atoms with van der Waals surface area (Å²) in [5, 5.41) is 3.20. The van der Waals surface area contributed by atoms with E-state index in [1.165, 1.54) is 11.1 Å². The number of hydrogen-bond donors (Lipinski definition) is 1. The summed E-state index contributed by atoms with van der Waals surface area (Å²) in [4.78, 5) is 0. The molecule has 0 amide bonds. The molecule has 0 aliphatic heterocycles. The first-order valence-corrected chi connectivity index (χ1v) is 6.29. The third kappa shape index (κ3) is 4.04. The molecule has 1 rings (SSSR count). The van der Waals surface area contributed by atoms with Crippen LogP contribution < -0.4 is 10.1 Å². The van der Waals surface area contributed by atoms with Crippen LogP contribution in [0.4, 0.5) is 0 Å². The summed E-state index contributed by atoms with van der Waals surface area (Å²) >= 11 is 0. The lowest BCUT2D eigenvalue weighted by atomic mass is 9.86. The van der Waals surface area contributed by atoms with E-state index in [0.29, 0.717) is 0 Å². The topological polar surface area (TPSA) is 21.3 Å². The fourth-order valence-corrected chi connectivity index (χ4v) is 1.74. The Morgan fingerprint density at radius 3 is 2.35 bits per heavy atom. The summed E-state index contributed by atoms with van der Waals surface area (Å²) in [7, 11) is 1.96. The third-order valence-corrected chi connectivity index (χ3v) is 2.66. The first-order chi connectivity index (χ1) is 7.84. The van der Waals surface area contributed by atoms with Crippen molar-refractivity contribution in [3.05, 3.63) is 29.3 Å². The van der Waals surface area contributed by atoms with E-state index in [2.05, 4.69) is 58.1 Å². The number of hydrogen-bond acceptors (Lipinski definition) is 2. The van der Waals surface area contributed by atoms with Gasteiger partial charge in [-0.3, -0.25) is 0 Å². The molecule has 0 saturated heterocycles. The van der Waals surface area contributed by atoms with Gasteiger partial charge in [-0.1, -0.05) is 32.9 Å². The Morgan fingerprint density at radius 1 is 1.24 bits per heavy atom. The second kappa shape index (κ2) is 5.54. The predicted molar refractivity (Wildman–Crippen MR) is 73.7 cm³/mol. The van der Waals surface area contributed by atoms with Crippen LogP contribution in [-0.4, -0.2) is 13.2 Å². The van der Waals surface area contributed by atoms with Gasteiger partial charge >= 0.3 is 0 Å². The van der Waals surface area contributed by atoms with Crippen molar-refractivity contribution >= 4 is 0 Å². The second-order valence-corrected chi connectivity index (χ2v) is 5.77. The Hall–Kier alpha value is -1.02. The highest BCUT2D eigenvalue weighted by molar-refractivity contribution is 5.39. The molecule has 96 valence electrons. The van der Waals surface area contributed by atoms with Gasteiger partial charge in [0.25, 0.3) is 0 Å². The molecule has 1 aromatic rings. The molecule has 0 aliphatic rings. The smallest absolute Gasteiger partial charge is 0.124 e.